The van der Waals surface area contributed by atoms with Gasteiger partial charge in [0, 0.05) is 44.7 Å². The lowest BCUT2D eigenvalue weighted by molar-refractivity contribution is -0.128. The normalized spacial score (nSPS) is 17.9. The van der Waals surface area contributed by atoms with E-state index in [1.54, 1.807) is 7.11 Å². The predicted octanol–water partition coefficient (Wildman–Crippen LogP) is 2.62. The number of carbonyl (C=O) groups excluding carboxylic acids is 2. The molecule has 0 saturated carbocycles. The molecule has 0 bridgehead atoms. The van der Waals surface area contributed by atoms with Crippen LogP contribution >= 0.6 is 0 Å². The van der Waals surface area contributed by atoms with Crippen molar-refractivity contribution in [3.8, 4) is 5.75 Å². The second-order valence-electron chi connectivity index (χ2n) is 8.27. The number of morpholine rings is 1. The number of nitrogens with zero attached hydrogens (tertiary/aromatic N) is 2. The molecule has 2 saturated heterocycles. The zero-order valence-corrected chi connectivity index (χ0v) is 18.6. The molecule has 7 heteroatoms. The summed E-state index contributed by atoms with van der Waals surface area (Å²) in [6, 6.07) is 15.6. The molecule has 1 N–H and O–H groups in total. The minimum atomic E-state index is -0.105. The van der Waals surface area contributed by atoms with Gasteiger partial charge in [0.05, 0.1) is 26.4 Å². The molecule has 2 aliphatic heterocycles. The van der Waals surface area contributed by atoms with Crippen molar-refractivity contribution in [2.24, 2.45) is 0 Å². The molecule has 4 rings (SSSR count). The molecule has 7 nitrogen and oxygen atoms in total. The van der Waals surface area contributed by atoms with Crippen molar-refractivity contribution in [2.45, 2.75) is 25.4 Å². The van der Waals surface area contributed by atoms with Gasteiger partial charge in [-0.05, 0) is 41.8 Å². The van der Waals surface area contributed by atoms with Gasteiger partial charge in [0.25, 0.3) is 5.91 Å². The Morgan fingerprint density at radius 3 is 2.59 bits per heavy atom. The van der Waals surface area contributed by atoms with Crippen LogP contribution in [0.15, 0.2) is 48.5 Å². The van der Waals surface area contributed by atoms with Gasteiger partial charge in [0.1, 0.15) is 5.75 Å². The molecule has 32 heavy (non-hydrogen) atoms. The average Bonchev–Trinajstić information content (AvgIpc) is 3.24. The number of carbonyl (C=O) groups is 2. The third-order valence-corrected chi connectivity index (χ3v) is 6.18. The van der Waals surface area contributed by atoms with E-state index in [0.29, 0.717) is 38.3 Å². The maximum absolute atomic E-state index is 13.0. The molecule has 2 aliphatic rings. The van der Waals surface area contributed by atoms with Gasteiger partial charge >= 0.3 is 0 Å². The number of amides is 2. The van der Waals surface area contributed by atoms with Gasteiger partial charge < -0.3 is 19.7 Å². The van der Waals surface area contributed by atoms with Crippen molar-refractivity contribution in [2.75, 3.05) is 46.5 Å². The summed E-state index contributed by atoms with van der Waals surface area (Å²) < 4.78 is 10.8. The Morgan fingerprint density at radius 1 is 1.12 bits per heavy atom. The van der Waals surface area contributed by atoms with E-state index in [9.17, 15) is 9.59 Å². The topological polar surface area (TPSA) is 71.1 Å². The Balaban J connectivity index is 1.43. The van der Waals surface area contributed by atoms with E-state index in [2.05, 4.69) is 22.3 Å². The average molecular weight is 438 g/mol. The summed E-state index contributed by atoms with van der Waals surface area (Å²) in [5.41, 5.74) is 2.73. The van der Waals surface area contributed by atoms with Crippen molar-refractivity contribution < 1.29 is 19.1 Å². The fourth-order valence-corrected chi connectivity index (χ4v) is 4.37. The van der Waals surface area contributed by atoms with E-state index in [0.717, 1.165) is 42.9 Å². The Kier molecular flexibility index (Phi) is 7.39. The van der Waals surface area contributed by atoms with Crippen LogP contribution in [0.3, 0.4) is 0 Å². The molecule has 1 atom stereocenters. The molecule has 1 unspecified atom stereocenters. The van der Waals surface area contributed by atoms with Gasteiger partial charge in [-0.15, -0.1) is 0 Å². The van der Waals surface area contributed by atoms with Crippen LogP contribution in [0.5, 0.6) is 5.75 Å². The van der Waals surface area contributed by atoms with Crippen LogP contribution in [0.25, 0.3) is 0 Å². The second-order valence-corrected chi connectivity index (χ2v) is 8.27. The summed E-state index contributed by atoms with van der Waals surface area (Å²) in [6.45, 7) is 4.88. The molecule has 0 spiro atoms. The summed E-state index contributed by atoms with van der Waals surface area (Å²) in [6.07, 6.45) is 1.53. The quantitative estimate of drug-likeness (QED) is 0.688. The van der Waals surface area contributed by atoms with Crippen LogP contribution < -0.4 is 10.1 Å². The molecule has 2 aromatic rings. The molecule has 2 amide bonds. The first-order valence-electron chi connectivity index (χ1n) is 11.2. The largest absolute Gasteiger partial charge is 0.497 e. The molecule has 170 valence electrons. The Labute approximate surface area is 189 Å². The van der Waals surface area contributed by atoms with E-state index in [4.69, 9.17) is 9.47 Å². The van der Waals surface area contributed by atoms with Crippen molar-refractivity contribution in [3.05, 3.63) is 65.2 Å². The van der Waals surface area contributed by atoms with Crippen LogP contribution in [0.2, 0.25) is 0 Å². The van der Waals surface area contributed by atoms with Gasteiger partial charge in [0.15, 0.2) is 0 Å². The second kappa shape index (κ2) is 10.6. The summed E-state index contributed by atoms with van der Waals surface area (Å²) in [4.78, 5) is 29.1. The molecule has 2 aromatic carbocycles. The molecule has 0 radical (unpaired) electrons. The van der Waals surface area contributed by atoms with Gasteiger partial charge in [-0.3, -0.25) is 14.5 Å². The molecule has 2 fully saturated rings. The van der Waals surface area contributed by atoms with E-state index in [1.165, 1.54) is 0 Å². The standard InChI is InChI=1S/C25H31N3O4/c1-31-22-9-7-20(8-10-22)23(27-12-14-32-15-13-27)17-26-25(30)21-5-2-4-19(16-21)18-28-11-3-6-24(28)29/h2,4-5,7-10,16,23H,3,6,11-15,17-18H2,1H3,(H,26,30). The number of likely N-dealkylation sites (tertiary alicyclic amines) is 1. The van der Waals surface area contributed by atoms with Gasteiger partial charge in [0.2, 0.25) is 5.91 Å². The minimum Gasteiger partial charge on any atom is -0.497 e. The van der Waals surface area contributed by atoms with Crippen molar-refractivity contribution in [3.63, 3.8) is 0 Å². The molecule has 0 aromatic heterocycles. The Hall–Kier alpha value is -2.90. The van der Waals surface area contributed by atoms with Crippen LogP contribution in [-0.2, 0) is 16.1 Å². The zero-order valence-electron chi connectivity index (χ0n) is 18.6. The SMILES string of the molecule is COc1ccc(C(CNC(=O)c2cccc(CN3CCCC3=O)c2)N2CCOCC2)cc1. The highest BCUT2D eigenvalue weighted by atomic mass is 16.5. The van der Waals surface area contributed by atoms with Crippen LogP contribution in [0.1, 0.15) is 40.4 Å². The van der Waals surface area contributed by atoms with Crippen molar-refractivity contribution in [1.82, 2.24) is 15.1 Å². The number of hydrogen-bond donors (Lipinski definition) is 1. The highest BCUT2D eigenvalue weighted by Gasteiger charge is 2.24. The lowest BCUT2D eigenvalue weighted by Gasteiger charge is -2.35. The molecular weight excluding hydrogens is 406 g/mol. The lowest BCUT2D eigenvalue weighted by Crippen LogP contribution is -2.43. The maximum atomic E-state index is 13.0. The first-order valence-corrected chi connectivity index (χ1v) is 11.2. The summed E-state index contributed by atoms with van der Waals surface area (Å²) in [5.74, 6) is 0.894. The van der Waals surface area contributed by atoms with Gasteiger partial charge in [-0.1, -0.05) is 24.3 Å². The third kappa shape index (κ3) is 5.47. The number of nitrogens with one attached hydrogen (secondary N) is 1. The van der Waals surface area contributed by atoms with Crippen molar-refractivity contribution in [1.29, 1.82) is 0 Å². The first kappa shape index (κ1) is 22.3. The molecule has 2 heterocycles. The monoisotopic (exact) mass is 437 g/mol. The Bertz CT molecular complexity index is 925. The predicted molar refractivity (Wildman–Crippen MR) is 122 cm³/mol. The Morgan fingerprint density at radius 2 is 1.91 bits per heavy atom. The molecule has 0 aliphatic carbocycles. The number of rotatable bonds is 8. The number of benzene rings is 2. The summed E-state index contributed by atoms with van der Waals surface area (Å²) in [5, 5.41) is 3.12. The summed E-state index contributed by atoms with van der Waals surface area (Å²) in [7, 11) is 1.66. The van der Waals surface area contributed by atoms with Crippen molar-refractivity contribution >= 4 is 11.8 Å². The highest BCUT2D eigenvalue weighted by Crippen LogP contribution is 2.24. The van der Waals surface area contributed by atoms with Gasteiger partial charge in [-0.25, -0.2) is 0 Å². The van der Waals surface area contributed by atoms with E-state index < -0.39 is 0 Å². The molecular formula is C25H31N3O4. The lowest BCUT2D eigenvalue weighted by atomic mass is 10.0. The summed E-state index contributed by atoms with van der Waals surface area (Å²) >= 11 is 0. The van der Waals surface area contributed by atoms with E-state index >= 15 is 0 Å². The zero-order chi connectivity index (χ0) is 22.3. The number of hydrogen-bond acceptors (Lipinski definition) is 5. The number of methoxy groups -OCH3 is 1. The van der Waals surface area contributed by atoms with Crippen LogP contribution in [-0.4, -0.2) is 68.1 Å². The third-order valence-electron chi connectivity index (χ3n) is 6.18. The fraction of sp³-hybridized carbons (Fsp3) is 0.440. The van der Waals surface area contributed by atoms with E-state index in [-0.39, 0.29) is 17.9 Å². The first-order chi connectivity index (χ1) is 15.6. The smallest absolute Gasteiger partial charge is 0.251 e. The fourth-order valence-electron chi connectivity index (χ4n) is 4.37. The minimum absolute atomic E-state index is 0.0548. The van der Waals surface area contributed by atoms with Crippen LogP contribution in [0, 0.1) is 0 Å². The van der Waals surface area contributed by atoms with E-state index in [1.807, 2.05) is 41.3 Å². The maximum Gasteiger partial charge on any atom is 0.251 e. The number of ether oxygens (including phenoxy) is 2. The highest BCUT2D eigenvalue weighted by molar-refractivity contribution is 5.94. The van der Waals surface area contributed by atoms with Gasteiger partial charge in [-0.2, -0.15) is 0 Å². The van der Waals surface area contributed by atoms with Crippen LogP contribution in [0.4, 0.5) is 0 Å².